The van der Waals surface area contributed by atoms with Gasteiger partial charge in [-0.2, -0.15) is 0 Å². The quantitative estimate of drug-likeness (QED) is 0.524. The van der Waals surface area contributed by atoms with Gasteiger partial charge in [0.25, 0.3) is 0 Å². The van der Waals surface area contributed by atoms with Gasteiger partial charge < -0.3 is 28.3 Å². The summed E-state index contributed by atoms with van der Waals surface area (Å²) in [6, 6.07) is 5.12. The molecule has 1 fully saturated rings. The number of benzene rings is 1. The van der Waals surface area contributed by atoms with Crippen LogP contribution in [-0.2, 0) is 9.47 Å². The number of carbonyl (C=O) groups is 1. The number of carboxylic acid groups (broad SMARTS) is 1. The summed E-state index contributed by atoms with van der Waals surface area (Å²) in [4.78, 5) is 28.4. The number of hydrogen-bond donors (Lipinski definition) is 1. The number of rotatable bonds is 7. The molecule has 0 radical (unpaired) electrons. The molecule has 2 aromatic heterocycles. The maximum absolute atomic E-state index is 12.7. The summed E-state index contributed by atoms with van der Waals surface area (Å²) in [5.74, 6) is -0.119. The minimum absolute atomic E-state index is 0.0493. The van der Waals surface area contributed by atoms with E-state index in [1.165, 1.54) is 18.7 Å². The Hall–Kier alpha value is -3.43. The van der Waals surface area contributed by atoms with E-state index in [1.807, 2.05) is 30.5 Å². The zero-order valence-corrected chi connectivity index (χ0v) is 19.2. The predicted octanol–water partition coefficient (Wildman–Crippen LogP) is 3.73. The molecule has 34 heavy (non-hydrogen) atoms. The topological polar surface area (TPSA) is 113 Å². The number of carboxylic acids is 1. The van der Waals surface area contributed by atoms with E-state index < -0.39 is 17.0 Å². The number of oxazole rings is 1. The van der Waals surface area contributed by atoms with Gasteiger partial charge in [0.2, 0.25) is 0 Å². The number of hydrogen-bond acceptors (Lipinski definition) is 7. The molecule has 178 valence electrons. The van der Waals surface area contributed by atoms with Crippen LogP contribution < -0.4 is 10.2 Å². The number of ether oxygens (including phenoxy) is 3. The molecule has 3 aromatic rings. The lowest BCUT2D eigenvalue weighted by molar-refractivity contribution is 0.0145. The van der Waals surface area contributed by atoms with Crippen molar-refractivity contribution in [2.24, 2.45) is 0 Å². The van der Waals surface area contributed by atoms with E-state index in [9.17, 15) is 14.7 Å². The van der Waals surface area contributed by atoms with Gasteiger partial charge in [-0.25, -0.2) is 9.78 Å². The number of aromatic carboxylic acids is 1. The lowest BCUT2D eigenvalue weighted by Gasteiger charge is -2.38. The highest BCUT2D eigenvalue weighted by molar-refractivity contribution is 5.88. The van der Waals surface area contributed by atoms with Gasteiger partial charge in [-0.3, -0.25) is 4.79 Å². The molecule has 2 aliphatic rings. The molecule has 4 heterocycles. The molecule has 5 rings (SSSR count). The Labute approximate surface area is 195 Å². The Kier molecular flexibility index (Phi) is 5.53. The van der Waals surface area contributed by atoms with Gasteiger partial charge in [-0.1, -0.05) is 0 Å². The molecule has 0 amide bonds. The van der Waals surface area contributed by atoms with E-state index in [0.29, 0.717) is 42.6 Å². The third-order valence-electron chi connectivity index (χ3n) is 6.61. The molecule has 2 atom stereocenters. The highest BCUT2D eigenvalue weighted by atomic mass is 16.5. The van der Waals surface area contributed by atoms with Crippen LogP contribution in [0.3, 0.4) is 0 Å². The van der Waals surface area contributed by atoms with E-state index in [1.54, 1.807) is 13.3 Å². The second-order valence-corrected chi connectivity index (χ2v) is 9.11. The predicted molar refractivity (Wildman–Crippen MR) is 122 cm³/mol. The Morgan fingerprint density at radius 1 is 1.26 bits per heavy atom. The second-order valence-electron chi connectivity index (χ2n) is 9.11. The minimum atomic E-state index is -1.25. The van der Waals surface area contributed by atoms with Gasteiger partial charge in [0.15, 0.2) is 17.6 Å². The lowest BCUT2D eigenvalue weighted by Crippen LogP contribution is -2.36. The van der Waals surface area contributed by atoms with Crippen LogP contribution in [0.1, 0.15) is 48.1 Å². The SMILES string of the molecule is COCCCOc1cc2c(cc1-c1cnco1)-c1cc(=O)c(C(=O)O)cn1[C@H]1[C@@H]2COC1(C)C. The first kappa shape index (κ1) is 22.4. The van der Waals surface area contributed by atoms with Gasteiger partial charge in [0.1, 0.15) is 11.3 Å². The van der Waals surface area contributed by atoms with Crippen LogP contribution in [0.2, 0.25) is 0 Å². The normalized spacial score (nSPS) is 19.9. The number of aromatic nitrogens is 2. The highest BCUT2D eigenvalue weighted by Crippen LogP contribution is 2.54. The molecule has 1 saturated heterocycles. The van der Waals surface area contributed by atoms with Crippen molar-refractivity contribution in [2.75, 3.05) is 26.9 Å². The smallest absolute Gasteiger partial charge is 0.341 e. The Morgan fingerprint density at radius 2 is 2.09 bits per heavy atom. The number of pyridine rings is 1. The van der Waals surface area contributed by atoms with Crippen LogP contribution in [0, 0.1) is 0 Å². The molecule has 9 heteroatoms. The second kappa shape index (κ2) is 8.41. The van der Waals surface area contributed by atoms with Crippen LogP contribution in [0.25, 0.3) is 22.6 Å². The first-order chi connectivity index (χ1) is 16.3. The fraction of sp³-hybridized carbons (Fsp3) is 0.400. The molecule has 1 aromatic carbocycles. The van der Waals surface area contributed by atoms with E-state index >= 15 is 0 Å². The van der Waals surface area contributed by atoms with Crippen molar-refractivity contribution >= 4 is 5.97 Å². The summed E-state index contributed by atoms with van der Waals surface area (Å²) in [6.45, 7) is 5.47. The summed E-state index contributed by atoms with van der Waals surface area (Å²) in [7, 11) is 1.65. The largest absolute Gasteiger partial charge is 0.493 e. The van der Waals surface area contributed by atoms with E-state index in [0.717, 1.165) is 17.5 Å². The standard InChI is InChI=1S/C25H26N2O7/c1-25(2)23-18(12-34-25)14-8-21(32-6-4-5-31-3)16(22-10-26-13-33-22)7-15(14)19-9-20(28)17(24(29)30)11-27(19)23/h7-11,13,18,23H,4-6,12H2,1-3H3,(H,29,30)/t18-,23+/m1/s1. The van der Waals surface area contributed by atoms with E-state index in [2.05, 4.69) is 4.98 Å². The van der Waals surface area contributed by atoms with Crippen molar-refractivity contribution in [2.45, 2.75) is 37.8 Å². The van der Waals surface area contributed by atoms with Gasteiger partial charge in [0.05, 0.1) is 42.3 Å². The summed E-state index contributed by atoms with van der Waals surface area (Å²) in [6.07, 6.45) is 5.13. The monoisotopic (exact) mass is 466 g/mol. The highest BCUT2D eigenvalue weighted by Gasteiger charge is 2.49. The van der Waals surface area contributed by atoms with Gasteiger partial charge in [0, 0.05) is 43.9 Å². The van der Waals surface area contributed by atoms with Gasteiger partial charge in [-0.15, -0.1) is 0 Å². The first-order valence-corrected chi connectivity index (χ1v) is 11.1. The van der Waals surface area contributed by atoms with Gasteiger partial charge in [-0.05, 0) is 31.5 Å². The lowest BCUT2D eigenvalue weighted by atomic mass is 9.78. The Balaban J connectivity index is 1.72. The molecule has 2 aliphatic heterocycles. The first-order valence-electron chi connectivity index (χ1n) is 11.1. The zero-order valence-electron chi connectivity index (χ0n) is 19.2. The van der Waals surface area contributed by atoms with Crippen molar-refractivity contribution in [1.82, 2.24) is 9.55 Å². The summed E-state index contributed by atoms with van der Waals surface area (Å²) in [5.41, 5.74) is 1.77. The molecular weight excluding hydrogens is 440 g/mol. The summed E-state index contributed by atoms with van der Waals surface area (Å²) >= 11 is 0. The average Bonchev–Trinajstić information content (AvgIpc) is 3.44. The zero-order chi connectivity index (χ0) is 24.0. The Morgan fingerprint density at radius 3 is 2.79 bits per heavy atom. The molecule has 0 unspecified atom stereocenters. The summed E-state index contributed by atoms with van der Waals surface area (Å²) in [5, 5.41) is 9.57. The maximum Gasteiger partial charge on any atom is 0.341 e. The van der Waals surface area contributed by atoms with Crippen molar-refractivity contribution in [1.29, 1.82) is 0 Å². The molecule has 0 spiro atoms. The summed E-state index contributed by atoms with van der Waals surface area (Å²) < 4.78 is 24.9. The van der Waals surface area contributed by atoms with E-state index in [4.69, 9.17) is 18.6 Å². The van der Waals surface area contributed by atoms with Crippen molar-refractivity contribution < 1.29 is 28.5 Å². The van der Waals surface area contributed by atoms with Crippen LogP contribution in [-0.4, -0.2) is 53.2 Å². The molecule has 0 bridgehead atoms. The van der Waals surface area contributed by atoms with Crippen LogP contribution in [0.5, 0.6) is 5.75 Å². The van der Waals surface area contributed by atoms with Crippen molar-refractivity contribution in [3.05, 3.63) is 58.3 Å². The van der Waals surface area contributed by atoms with Gasteiger partial charge >= 0.3 is 5.97 Å². The van der Waals surface area contributed by atoms with Crippen LogP contribution >= 0.6 is 0 Å². The molecule has 0 aliphatic carbocycles. The van der Waals surface area contributed by atoms with Crippen molar-refractivity contribution in [3.8, 4) is 28.3 Å². The molecule has 9 nitrogen and oxygen atoms in total. The third kappa shape index (κ3) is 3.61. The van der Waals surface area contributed by atoms with E-state index in [-0.39, 0.29) is 17.5 Å². The third-order valence-corrected chi connectivity index (χ3v) is 6.61. The van der Waals surface area contributed by atoms with Crippen molar-refractivity contribution in [3.63, 3.8) is 0 Å². The Bertz CT molecular complexity index is 1290. The fourth-order valence-corrected chi connectivity index (χ4v) is 5.08. The number of nitrogens with zero attached hydrogens (tertiary/aromatic N) is 2. The minimum Gasteiger partial charge on any atom is -0.493 e. The number of fused-ring (bicyclic) bond motifs is 6. The fourth-order valence-electron chi connectivity index (χ4n) is 5.08. The average molecular weight is 466 g/mol. The van der Waals surface area contributed by atoms with Crippen LogP contribution in [0.15, 0.2) is 46.2 Å². The molecular formula is C25H26N2O7. The molecule has 0 saturated carbocycles. The number of methoxy groups -OCH3 is 1. The van der Waals surface area contributed by atoms with Crippen LogP contribution in [0.4, 0.5) is 0 Å². The maximum atomic E-state index is 12.7. The molecule has 1 N–H and O–H groups in total.